The van der Waals surface area contributed by atoms with Crippen molar-refractivity contribution in [2.45, 2.75) is 20.4 Å². The second kappa shape index (κ2) is 7.34. The van der Waals surface area contributed by atoms with Crippen molar-refractivity contribution >= 4 is 33.9 Å². The number of nitrogens with zero attached hydrogens (tertiary/aromatic N) is 1. The van der Waals surface area contributed by atoms with Gasteiger partial charge in [0, 0.05) is 22.0 Å². The number of nitrogens with two attached hydrogens (primary N) is 1. The average molecular weight is 353 g/mol. The van der Waals surface area contributed by atoms with Gasteiger partial charge in [-0.3, -0.25) is 0 Å². The van der Waals surface area contributed by atoms with Crippen LogP contribution in [-0.2, 0) is 11.3 Å². The van der Waals surface area contributed by atoms with E-state index in [2.05, 4.69) is 0 Å². The third-order valence-corrected chi connectivity index (χ3v) is 4.82. The molecule has 0 radical (unpaired) electrons. The number of halogens is 1. The Hall–Kier alpha value is -1.56. The van der Waals surface area contributed by atoms with E-state index >= 15 is 0 Å². The molecule has 4 nitrogen and oxygen atoms in total. The molecular formula is C17H21ClN2O2S. The molecule has 0 aliphatic carbocycles. The van der Waals surface area contributed by atoms with Gasteiger partial charge in [0.2, 0.25) is 0 Å². The number of hydrogen-bond acceptors (Lipinski definition) is 5. The van der Waals surface area contributed by atoms with E-state index in [1.807, 2.05) is 44.1 Å². The fraction of sp³-hybridized carbons (Fsp3) is 0.353. The van der Waals surface area contributed by atoms with Crippen LogP contribution in [0, 0.1) is 6.92 Å². The van der Waals surface area contributed by atoms with E-state index in [1.54, 1.807) is 6.92 Å². The third-order valence-electron chi connectivity index (χ3n) is 3.39. The lowest BCUT2D eigenvalue weighted by Crippen LogP contribution is -2.11. The first-order chi connectivity index (χ1) is 10.8. The van der Waals surface area contributed by atoms with E-state index in [0.717, 1.165) is 21.6 Å². The number of carbonyl (C=O) groups is 1. The Balaban J connectivity index is 2.65. The molecule has 0 atom stereocenters. The van der Waals surface area contributed by atoms with E-state index in [-0.39, 0.29) is 5.97 Å². The number of carbonyl (C=O) groups excluding carboxylic acids is 1. The summed E-state index contributed by atoms with van der Waals surface area (Å²) in [5, 5.41) is 1.19. The van der Waals surface area contributed by atoms with Crippen LogP contribution in [0.5, 0.6) is 0 Å². The molecule has 0 fully saturated rings. The minimum Gasteiger partial charge on any atom is -0.462 e. The van der Waals surface area contributed by atoms with Crippen LogP contribution in [0.15, 0.2) is 18.2 Å². The Morgan fingerprint density at radius 2 is 2.09 bits per heavy atom. The first kappa shape index (κ1) is 17.8. The zero-order valence-corrected chi connectivity index (χ0v) is 15.3. The van der Waals surface area contributed by atoms with Crippen LogP contribution in [0.25, 0.3) is 11.1 Å². The molecule has 2 aromatic rings. The van der Waals surface area contributed by atoms with Gasteiger partial charge >= 0.3 is 5.97 Å². The molecule has 0 aliphatic rings. The molecule has 1 aromatic heterocycles. The lowest BCUT2D eigenvalue weighted by Gasteiger charge is -2.12. The molecule has 2 N–H and O–H groups in total. The molecule has 0 aliphatic heterocycles. The number of thiophene rings is 1. The predicted octanol–water partition coefficient (Wildman–Crippen LogP) is 4.20. The number of hydrogen-bond donors (Lipinski definition) is 1. The van der Waals surface area contributed by atoms with Crippen LogP contribution >= 0.6 is 22.9 Å². The number of rotatable bonds is 5. The SMILES string of the molecule is CCOC(=O)c1c(N)sc(CN(C)C)c1-c1ccc(Cl)c(C)c1. The summed E-state index contributed by atoms with van der Waals surface area (Å²) in [5.41, 5.74) is 9.32. The molecule has 0 saturated carbocycles. The van der Waals surface area contributed by atoms with Crippen molar-refractivity contribution in [2.75, 3.05) is 26.4 Å². The second-order valence-electron chi connectivity index (χ2n) is 5.56. The summed E-state index contributed by atoms with van der Waals surface area (Å²) in [6.45, 7) is 4.74. The van der Waals surface area contributed by atoms with Crippen LogP contribution in [0.3, 0.4) is 0 Å². The smallest absolute Gasteiger partial charge is 0.341 e. The van der Waals surface area contributed by atoms with Gasteiger partial charge in [-0.05, 0) is 51.2 Å². The summed E-state index contributed by atoms with van der Waals surface area (Å²) in [4.78, 5) is 15.5. The average Bonchev–Trinajstić information content (AvgIpc) is 2.77. The summed E-state index contributed by atoms with van der Waals surface area (Å²) < 4.78 is 5.19. The molecule has 0 unspecified atom stereocenters. The molecule has 2 rings (SSSR count). The molecular weight excluding hydrogens is 332 g/mol. The number of ether oxygens (including phenoxy) is 1. The Labute approximate surface area is 145 Å². The van der Waals surface area contributed by atoms with Gasteiger partial charge in [0.05, 0.1) is 6.61 Å². The highest BCUT2D eigenvalue weighted by Gasteiger charge is 2.25. The van der Waals surface area contributed by atoms with Crippen molar-refractivity contribution in [1.29, 1.82) is 0 Å². The summed E-state index contributed by atoms with van der Waals surface area (Å²) >= 11 is 7.56. The summed E-state index contributed by atoms with van der Waals surface area (Å²) in [5.74, 6) is -0.381. The maximum Gasteiger partial charge on any atom is 0.341 e. The van der Waals surface area contributed by atoms with Crippen LogP contribution in [0.2, 0.25) is 5.02 Å². The van der Waals surface area contributed by atoms with Crippen LogP contribution in [-0.4, -0.2) is 31.6 Å². The van der Waals surface area contributed by atoms with E-state index in [9.17, 15) is 4.79 Å². The van der Waals surface area contributed by atoms with Gasteiger partial charge in [-0.25, -0.2) is 4.79 Å². The van der Waals surface area contributed by atoms with E-state index in [0.29, 0.717) is 28.7 Å². The predicted molar refractivity (Wildman–Crippen MR) is 97.3 cm³/mol. The summed E-state index contributed by atoms with van der Waals surface area (Å²) in [6, 6.07) is 5.73. The van der Waals surface area contributed by atoms with Gasteiger partial charge < -0.3 is 15.4 Å². The highest BCUT2D eigenvalue weighted by molar-refractivity contribution is 7.17. The number of esters is 1. The van der Waals surface area contributed by atoms with E-state index in [4.69, 9.17) is 22.1 Å². The monoisotopic (exact) mass is 352 g/mol. The van der Waals surface area contributed by atoms with Gasteiger partial charge in [0.15, 0.2) is 0 Å². The second-order valence-corrected chi connectivity index (χ2v) is 7.11. The highest BCUT2D eigenvalue weighted by Crippen LogP contribution is 2.40. The number of anilines is 1. The highest BCUT2D eigenvalue weighted by atomic mass is 35.5. The Morgan fingerprint density at radius 1 is 1.39 bits per heavy atom. The van der Waals surface area contributed by atoms with Crippen LogP contribution in [0.4, 0.5) is 5.00 Å². The fourth-order valence-corrected chi connectivity index (χ4v) is 3.72. The number of nitrogen functional groups attached to an aromatic ring is 1. The van der Waals surface area contributed by atoms with Crippen molar-refractivity contribution in [3.05, 3.63) is 39.2 Å². The molecule has 23 heavy (non-hydrogen) atoms. The zero-order valence-electron chi connectivity index (χ0n) is 13.8. The largest absolute Gasteiger partial charge is 0.462 e. The Morgan fingerprint density at radius 3 is 2.65 bits per heavy atom. The van der Waals surface area contributed by atoms with Crippen molar-refractivity contribution in [3.63, 3.8) is 0 Å². The Kier molecular flexibility index (Phi) is 5.68. The minimum atomic E-state index is -0.381. The zero-order chi connectivity index (χ0) is 17.1. The lowest BCUT2D eigenvalue weighted by molar-refractivity contribution is 0.0529. The fourth-order valence-electron chi connectivity index (χ4n) is 2.41. The van der Waals surface area contributed by atoms with Crippen molar-refractivity contribution in [1.82, 2.24) is 4.90 Å². The number of benzene rings is 1. The minimum absolute atomic E-state index is 0.316. The molecule has 0 amide bonds. The van der Waals surface area contributed by atoms with E-state index < -0.39 is 0 Å². The maximum absolute atomic E-state index is 12.4. The van der Waals surface area contributed by atoms with Crippen molar-refractivity contribution in [2.24, 2.45) is 0 Å². The van der Waals surface area contributed by atoms with Crippen LogP contribution in [0.1, 0.15) is 27.7 Å². The summed E-state index contributed by atoms with van der Waals surface area (Å²) in [7, 11) is 3.97. The molecule has 1 heterocycles. The standard InChI is InChI=1S/C17H21ClN2O2S/c1-5-22-17(21)15-14(11-6-7-12(18)10(2)8-11)13(9-20(3)4)23-16(15)19/h6-8H,5,9,19H2,1-4H3. The van der Waals surface area contributed by atoms with Gasteiger partial charge in [-0.15, -0.1) is 11.3 Å². The van der Waals surface area contributed by atoms with Gasteiger partial charge in [0.25, 0.3) is 0 Å². The maximum atomic E-state index is 12.4. The topological polar surface area (TPSA) is 55.6 Å². The van der Waals surface area contributed by atoms with Crippen molar-refractivity contribution < 1.29 is 9.53 Å². The summed E-state index contributed by atoms with van der Waals surface area (Å²) in [6.07, 6.45) is 0. The molecule has 6 heteroatoms. The van der Waals surface area contributed by atoms with Crippen LogP contribution < -0.4 is 5.73 Å². The lowest BCUT2D eigenvalue weighted by atomic mass is 9.99. The molecule has 1 aromatic carbocycles. The molecule has 0 spiro atoms. The molecule has 124 valence electrons. The Bertz CT molecular complexity index is 726. The van der Waals surface area contributed by atoms with Gasteiger partial charge in [-0.1, -0.05) is 17.7 Å². The van der Waals surface area contributed by atoms with Crippen molar-refractivity contribution in [3.8, 4) is 11.1 Å². The van der Waals surface area contributed by atoms with E-state index in [1.165, 1.54) is 11.3 Å². The normalized spacial score (nSPS) is 11.0. The van der Waals surface area contributed by atoms with Gasteiger partial charge in [0.1, 0.15) is 10.6 Å². The number of aryl methyl sites for hydroxylation is 1. The third kappa shape index (κ3) is 3.86. The van der Waals surface area contributed by atoms with Gasteiger partial charge in [-0.2, -0.15) is 0 Å². The quantitative estimate of drug-likeness (QED) is 0.819. The molecule has 0 saturated heterocycles. The molecule has 0 bridgehead atoms. The first-order valence-electron chi connectivity index (χ1n) is 7.34. The first-order valence-corrected chi connectivity index (χ1v) is 8.54.